The molecule has 2 nitrogen and oxygen atoms in total. The minimum absolute atomic E-state index is 0.243. The van der Waals surface area contributed by atoms with Gasteiger partial charge in [0.15, 0.2) is 5.82 Å². The summed E-state index contributed by atoms with van der Waals surface area (Å²) in [6.07, 6.45) is 7.61. The van der Waals surface area contributed by atoms with Crippen molar-refractivity contribution in [1.82, 2.24) is 9.55 Å². The van der Waals surface area contributed by atoms with Crippen molar-refractivity contribution in [2.45, 2.75) is 18.9 Å². The summed E-state index contributed by atoms with van der Waals surface area (Å²) in [4.78, 5) is 4.29. The first-order valence-corrected chi connectivity index (χ1v) is 4.93. The van der Waals surface area contributed by atoms with E-state index in [1.54, 1.807) is 6.07 Å². The number of rotatable bonds is 1. The van der Waals surface area contributed by atoms with Crippen molar-refractivity contribution in [3.8, 4) is 12.3 Å². The second kappa shape index (κ2) is 2.83. The molecule has 0 aliphatic heterocycles. The Kier molecular flexibility index (Phi) is 1.60. The van der Waals surface area contributed by atoms with E-state index in [0.29, 0.717) is 11.9 Å². The highest BCUT2D eigenvalue weighted by Crippen LogP contribution is 2.38. The maximum absolute atomic E-state index is 13.1. The van der Waals surface area contributed by atoms with Gasteiger partial charge in [-0.05, 0) is 37.0 Å². The third kappa shape index (κ3) is 1.22. The smallest absolute Gasteiger partial charge is 0.186 e. The van der Waals surface area contributed by atoms with Gasteiger partial charge in [0.05, 0.1) is 11.0 Å². The van der Waals surface area contributed by atoms with Crippen LogP contribution in [-0.4, -0.2) is 9.55 Å². The molecule has 1 heterocycles. The van der Waals surface area contributed by atoms with Gasteiger partial charge in [-0.25, -0.2) is 9.37 Å². The molecule has 74 valence electrons. The van der Waals surface area contributed by atoms with Gasteiger partial charge >= 0.3 is 0 Å². The zero-order valence-electron chi connectivity index (χ0n) is 8.07. The maximum atomic E-state index is 13.1. The Morgan fingerprint density at radius 1 is 1.47 bits per heavy atom. The quantitative estimate of drug-likeness (QED) is 0.647. The van der Waals surface area contributed by atoms with E-state index in [2.05, 4.69) is 10.9 Å². The lowest BCUT2D eigenvalue weighted by molar-refractivity contribution is 0.628. The van der Waals surface area contributed by atoms with Crippen molar-refractivity contribution in [3.63, 3.8) is 0 Å². The van der Waals surface area contributed by atoms with Crippen LogP contribution in [0.3, 0.4) is 0 Å². The van der Waals surface area contributed by atoms with Gasteiger partial charge in [0.25, 0.3) is 0 Å². The van der Waals surface area contributed by atoms with Gasteiger partial charge in [-0.1, -0.05) is 0 Å². The molecule has 1 saturated carbocycles. The van der Waals surface area contributed by atoms with Crippen molar-refractivity contribution in [2.24, 2.45) is 0 Å². The molecule has 3 rings (SSSR count). The summed E-state index contributed by atoms with van der Waals surface area (Å²) in [6.45, 7) is 0. The van der Waals surface area contributed by atoms with Crippen LogP contribution < -0.4 is 0 Å². The first-order valence-electron chi connectivity index (χ1n) is 4.93. The fourth-order valence-corrected chi connectivity index (χ4v) is 1.87. The highest BCUT2D eigenvalue weighted by Gasteiger charge is 2.27. The Balaban J connectivity index is 2.36. The van der Waals surface area contributed by atoms with E-state index in [9.17, 15) is 4.39 Å². The van der Waals surface area contributed by atoms with Crippen molar-refractivity contribution < 1.29 is 4.39 Å². The van der Waals surface area contributed by atoms with Crippen molar-refractivity contribution >= 4 is 11.0 Å². The Bertz CT molecular complexity index is 573. The molecule has 0 saturated heterocycles. The predicted molar refractivity (Wildman–Crippen MR) is 55.9 cm³/mol. The minimum atomic E-state index is -0.243. The molecule has 1 aromatic heterocycles. The van der Waals surface area contributed by atoms with Crippen LogP contribution >= 0.6 is 0 Å². The summed E-state index contributed by atoms with van der Waals surface area (Å²) >= 11 is 0. The van der Waals surface area contributed by atoms with Crippen molar-refractivity contribution in [1.29, 1.82) is 0 Å². The van der Waals surface area contributed by atoms with Crippen LogP contribution in [-0.2, 0) is 0 Å². The molecule has 0 unspecified atom stereocenters. The van der Waals surface area contributed by atoms with Crippen molar-refractivity contribution in [2.75, 3.05) is 0 Å². The molecule has 1 aliphatic carbocycles. The normalized spacial score (nSPS) is 15.5. The fourth-order valence-electron chi connectivity index (χ4n) is 1.87. The third-order valence-electron chi connectivity index (χ3n) is 2.69. The summed E-state index contributed by atoms with van der Waals surface area (Å²) in [7, 11) is 0. The molecule has 0 radical (unpaired) electrons. The van der Waals surface area contributed by atoms with Crippen LogP contribution in [0, 0.1) is 18.2 Å². The highest BCUT2D eigenvalue weighted by molar-refractivity contribution is 5.77. The lowest BCUT2D eigenvalue weighted by Crippen LogP contribution is -1.97. The Morgan fingerprint density at radius 3 is 2.93 bits per heavy atom. The number of fused-ring (bicyclic) bond motifs is 1. The Morgan fingerprint density at radius 2 is 2.27 bits per heavy atom. The summed E-state index contributed by atoms with van der Waals surface area (Å²) in [5.41, 5.74) is 1.58. The van der Waals surface area contributed by atoms with Gasteiger partial charge in [-0.15, -0.1) is 6.42 Å². The topological polar surface area (TPSA) is 17.8 Å². The molecule has 3 heteroatoms. The Hall–Kier alpha value is -1.82. The standard InChI is InChI=1S/C12H9FN2/c1-2-12-14-10-6-3-8(13)7-11(10)15(12)9-4-5-9/h1,3,6-7,9H,4-5H2. The molecule has 1 fully saturated rings. The summed E-state index contributed by atoms with van der Waals surface area (Å²) in [6, 6.07) is 5.00. The molecule has 0 spiro atoms. The van der Waals surface area contributed by atoms with Gasteiger partial charge < -0.3 is 4.57 Å². The largest absolute Gasteiger partial charge is 0.314 e. The van der Waals surface area contributed by atoms with E-state index in [4.69, 9.17) is 6.42 Å². The third-order valence-corrected chi connectivity index (χ3v) is 2.69. The minimum Gasteiger partial charge on any atom is -0.314 e. The molecule has 0 amide bonds. The molecule has 1 aliphatic rings. The molecule has 2 aromatic rings. The number of aromatic nitrogens is 2. The SMILES string of the molecule is C#Cc1nc2ccc(F)cc2n1C1CC1. The summed E-state index contributed by atoms with van der Waals surface area (Å²) in [5, 5.41) is 0. The van der Waals surface area contributed by atoms with Crippen LogP contribution in [0.15, 0.2) is 18.2 Å². The molecule has 0 bridgehead atoms. The summed E-state index contributed by atoms with van der Waals surface area (Å²) < 4.78 is 15.1. The molecule has 15 heavy (non-hydrogen) atoms. The Labute approximate surface area is 86.7 Å². The first kappa shape index (κ1) is 8.49. The lowest BCUT2D eigenvalue weighted by Gasteiger charge is -2.02. The van der Waals surface area contributed by atoms with E-state index in [1.165, 1.54) is 12.1 Å². The zero-order valence-corrected chi connectivity index (χ0v) is 8.07. The number of hydrogen-bond acceptors (Lipinski definition) is 1. The summed E-state index contributed by atoms with van der Waals surface area (Å²) in [5.74, 6) is 2.92. The molecule has 0 atom stereocenters. The zero-order chi connectivity index (χ0) is 10.4. The molecule has 0 N–H and O–H groups in total. The van der Waals surface area contributed by atoms with E-state index in [1.807, 2.05) is 4.57 Å². The van der Waals surface area contributed by atoms with Gasteiger partial charge in [0, 0.05) is 6.04 Å². The number of imidazole rings is 1. The van der Waals surface area contributed by atoms with E-state index in [-0.39, 0.29) is 5.82 Å². The highest BCUT2D eigenvalue weighted by atomic mass is 19.1. The molecule has 1 aromatic carbocycles. The van der Waals surface area contributed by atoms with E-state index >= 15 is 0 Å². The predicted octanol–water partition coefficient (Wildman–Crippen LogP) is 2.49. The fraction of sp³-hybridized carbons (Fsp3) is 0.250. The average Bonchev–Trinajstić information content (AvgIpc) is 2.99. The second-order valence-corrected chi connectivity index (χ2v) is 3.81. The monoisotopic (exact) mass is 200 g/mol. The van der Waals surface area contributed by atoms with Crippen molar-refractivity contribution in [3.05, 3.63) is 29.8 Å². The number of hydrogen-bond donors (Lipinski definition) is 0. The van der Waals surface area contributed by atoms with Crippen LogP contribution in [0.25, 0.3) is 11.0 Å². The van der Waals surface area contributed by atoms with Crippen LogP contribution in [0.2, 0.25) is 0 Å². The number of nitrogens with zero attached hydrogens (tertiary/aromatic N) is 2. The van der Waals surface area contributed by atoms with Gasteiger partial charge in [-0.2, -0.15) is 0 Å². The lowest BCUT2D eigenvalue weighted by atomic mass is 10.3. The van der Waals surface area contributed by atoms with E-state index in [0.717, 1.165) is 23.9 Å². The first-order chi connectivity index (χ1) is 7.29. The van der Waals surface area contributed by atoms with Gasteiger partial charge in [0.2, 0.25) is 0 Å². The number of terminal acetylenes is 1. The molecular formula is C12H9FN2. The average molecular weight is 200 g/mol. The van der Waals surface area contributed by atoms with Gasteiger partial charge in [-0.3, -0.25) is 0 Å². The second-order valence-electron chi connectivity index (χ2n) is 3.81. The van der Waals surface area contributed by atoms with Crippen LogP contribution in [0.5, 0.6) is 0 Å². The molecular weight excluding hydrogens is 191 g/mol. The van der Waals surface area contributed by atoms with E-state index < -0.39 is 0 Å². The number of benzene rings is 1. The van der Waals surface area contributed by atoms with Gasteiger partial charge in [0.1, 0.15) is 5.82 Å². The van der Waals surface area contributed by atoms with Crippen LogP contribution in [0.1, 0.15) is 24.7 Å². The van der Waals surface area contributed by atoms with Crippen LogP contribution in [0.4, 0.5) is 4.39 Å². The maximum Gasteiger partial charge on any atom is 0.186 e. The number of halogens is 1.